The summed E-state index contributed by atoms with van der Waals surface area (Å²) in [4.78, 5) is 0. The SMILES string of the molecule is Cc1nn(C2CC(C)(C)CCC2N)c(C)c1C. The number of aryl methyl sites for hydroxylation is 1. The lowest BCUT2D eigenvalue weighted by Gasteiger charge is -2.39. The molecule has 2 atom stereocenters. The standard InChI is InChI=1S/C14H25N3/c1-9-10(2)16-17(11(9)3)13-8-14(4,5)7-6-12(13)15/h12-13H,6-8,15H2,1-5H3. The topological polar surface area (TPSA) is 43.8 Å². The lowest BCUT2D eigenvalue weighted by atomic mass is 9.73. The van der Waals surface area contributed by atoms with Crippen LogP contribution in [-0.4, -0.2) is 15.8 Å². The third-order valence-electron chi connectivity index (χ3n) is 4.41. The van der Waals surface area contributed by atoms with E-state index in [0.29, 0.717) is 11.5 Å². The van der Waals surface area contributed by atoms with Crippen molar-refractivity contribution in [2.75, 3.05) is 0 Å². The average Bonchev–Trinajstić information content (AvgIpc) is 2.50. The minimum atomic E-state index is 0.250. The molecule has 0 aliphatic heterocycles. The van der Waals surface area contributed by atoms with E-state index in [-0.39, 0.29) is 6.04 Å². The van der Waals surface area contributed by atoms with Crippen molar-refractivity contribution in [3.05, 3.63) is 17.0 Å². The molecule has 1 aliphatic carbocycles. The average molecular weight is 235 g/mol. The van der Waals surface area contributed by atoms with Gasteiger partial charge in [-0.3, -0.25) is 4.68 Å². The van der Waals surface area contributed by atoms with Crippen LogP contribution < -0.4 is 5.73 Å². The van der Waals surface area contributed by atoms with E-state index in [0.717, 1.165) is 18.5 Å². The summed E-state index contributed by atoms with van der Waals surface area (Å²) in [6.45, 7) is 11.1. The van der Waals surface area contributed by atoms with Gasteiger partial charge in [0.1, 0.15) is 0 Å². The van der Waals surface area contributed by atoms with Crippen molar-refractivity contribution >= 4 is 0 Å². The Labute approximate surface area is 104 Å². The van der Waals surface area contributed by atoms with Crippen LogP contribution in [0.25, 0.3) is 0 Å². The number of hydrogen-bond acceptors (Lipinski definition) is 2. The van der Waals surface area contributed by atoms with Crippen molar-refractivity contribution in [1.82, 2.24) is 9.78 Å². The summed E-state index contributed by atoms with van der Waals surface area (Å²) < 4.78 is 2.18. The number of aromatic nitrogens is 2. The second-order valence-electron chi connectivity index (χ2n) is 6.38. The van der Waals surface area contributed by atoms with Gasteiger partial charge < -0.3 is 5.73 Å². The summed E-state index contributed by atoms with van der Waals surface area (Å²) >= 11 is 0. The van der Waals surface area contributed by atoms with Crippen molar-refractivity contribution in [1.29, 1.82) is 0 Å². The Hall–Kier alpha value is -0.830. The molecule has 1 aromatic heterocycles. The number of hydrogen-bond donors (Lipinski definition) is 1. The molecule has 17 heavy (non-hydrogen) atoms. The second kappa shape index (κ2) is 4.13. The molecule has 0 radical (unpaired) electrons. The predicted molar refractivity (Wildman–Crippen MR) is 71.1 cm³/mol. The normalized spacial score (nSPS) is 28.4. The third kappa shape index (κ3) is 2.25. The summed E-state index contributed by atoms with van der Waals surface area (Å²) in [5.74, 6) is 0. The Balaban J connectivity index is 2.34. The first kappa shape index (κ1) is 12.6. The predicted octanol–water partition coefficient (Wildman–Crippen LogP) is 2.89. The van der Waals surface area contributed by atoms with Crippen molar-refractivity contribution in [2.45, 2.75) is 66.0 Å². The monoisotopic (exact) mass is 235 g/mol. The second-order valence-corrected chi connectivity index (χ2v) is 6.38. The molecule has 96 valence electrons. The van der Waals surface area contributed by atoms with Crippen LogP contribution in [0.5, 0.6) is 0 Å². The highest BCUT2D eigenvalue weighted by molar-refractivity contribution is 5.23. The first-order valence-corrected chi connectivity index (χ1v) is 6.60. The van der Waals surface area contributed by atoms with Gasteiger partial charge in [0.15, 0.2) is 0 Å². The van der Waals surface area contributed by atoms with E-state index in [4.69, 9.17) is 5.73 Å². The van der Waals surface area contributed by atoms with Crippen molar-refractivity contribution in [3.63, 3.8) is 0 Å². The zero-order chi connectivity index (χ0) is 12.8. The fourth-order valence-corrected chi connectivity index (χ4v) is 2.91. The van der Waals surface area contributed by atoms with E-state index in [1.165, 1.54) is 17.7 Å². The van der Waals surface area contributed by atoms with Gasteiger partial charge in [-0.25, -0.2) is 0 Å². The molecule has 1 aliphatic rings. The number of nitrogens with two attached hydrogens (primary N) is 1. The highest BCUT2D eigenvalue weighted by Gasteiger charge is 2.35. The van der Waals surface area contributed by atoms with Gasteiger partial charge in [0, 0.05) is 11.7 Å². The lowest BCUT2D eigenvalue weighted by molar-refractivity contribution is 0.151. The van der Waals surface area contributed by atoms with Crippen LogP contribution in [0.4, 0.5) is 0 Å². The van der Waals surface area contributed by atoms with Gasteiger partial charge in [-0.2, -0.15) is 5.10 Å². The quantitative estimate of drug-likeness (QED) is 0.813. The fourth-order valence-electron chi connectivity index (χ4n) is 2.91. The van der Waals surface area contributed by atoms with E-state index in [2.05, 4.69) is 44.4 Å². The molecule has 2 rings (SSSR count). The van der Waals surface area contributed by atoms with E-state index in [1.54, 1.807) is 0 Å². The molecule has 1 heterocycles. The Morgan fingerprint density at radius 3 is 2.47 bits per heavy atom. The Morgan fingerprint density at radius 2 is 1.94 bits per heavy atom. The summed E-state index contributed by atoms with van der Waals surface area (Å²) in [7, 11) is 0. The van der Waals surface area contributed by atoms with Gasteiger partial charge in [0.2, 0.25) is 0 Å². The molecule has 1 aromatic rings. The molecule has 0 amide bonds. The third-order valence-corrected chi connectivity index (χ3v) is 4.41. The van der Waals surface area contributed by atoms with Crippen LogP contribution in [0.3, 0.4) is 0 Å². The zero-order valence-electron chi connectivity index (χ0n) is 11.7. The molecule has 3 heteroatoms. The molecule has 0 bridgehead atoms. The van der Waals surface area contributed by atoms with Gasteiger partial charge in [-0.15, -0.1) is 0 Å². The summed E-state index contributed by atoms with van der Waals surface area (Å²) in [6, 6.07) is 0.617. The molecule has 2 N–H and O–H groups in total. The molecule has 0 saturated heterocycles. The number of nitrogens with zero attached hydrogens (tertiary/aromatic N) is 2. The molecule has 1 saturated carbocycles. The van der Waals surface area contributed by atoms with Crippen LogP contribution in [-0.2, 0) is 0 Å². The summed E-state index contributed by atoms with van der Waals surface area (Å²) in [5, 5.41) is 4.69. The van der Waals surface area contributed by atoms with Crippen molar-refractivity contribution in [2.24, 2.45) is 11.1 Å². The fraction of sp³-hybridized carbons (Fsp3) is 0.786. The molecular weight excluding hydrogens is 210 g/mol. The first-order valence-electron chi connectivity index (χ1n) is 6.60. The minimum Gasteiger partial charge on any atom is -0.326 e. The van der Waals surface area contributed by atoms with Crippen LogP contribution in [0, 0.1) is 26.2 Å². The highest BCUT2D eigenvalue weighted by atomic mass is 15.3. The minimum absolute atomic E-state index is 0.250. The molecule has 2 unspecified atom stereocenters. The van der Waals surface area contributed by atoms with Crippen molar-refractivity contribution in [3.8, 4) is 0 Å². The Morgan fingerprint density at radius 1 is 1.29 bits per heavy atom. The van der Waals surface area contributed by atoms with E-state index < -0.39 is 0 Å². The van der Waals surface area contributed by atoms with Gasteiger partial charge in [-0.1, -0.05) is 13.8 Å². The molecular formula is C14H25N3. The van der Waals surface area contributed by atoms with Crippen LogP contribution in [0.1, 0.15) is 56.1 Å². The Bertz CT molecular complexity index is 417. The Kier molecular flexibility index (Phi) is 3.06. The van der Waals surface area contributed by atoms with Crippen LogP contribution in [0.15, 0.2) is 0 Å². The van der Waals surface area contributed by atoms with Gasteiger partial charge >= 0.3 is 0 Å². The lowest BCUT2D eigenvalue weighted by Crippen LogP contribution is -2.41. The smallest absolute Gasteiger partial charge is 0.0678 e. The largest absolute Gasteiger partial charge is 0.326 e. The van der Waals surface area contributed by atoms with Crippen LogP contribution >= 0.6 is 0 Å². The highest BCUT2D eigenvalue weighted by Crippen LogP contribution is 2.40. The number of rotatable bonds is 1. The van der Waals surface area contributed by atoms with Gasteiger partial charge in [0.05, 0.1) is 11.7 Å². The molecule has 3 nitrogen and oxygen atoms in total. The summed E-state index contributed by atoms with van der Waals surface area (Å²) in [6.07, 6.45) is 3.47. The van der Waals surface area contributed by atoms with Crippen LogP contribution in [0.2, 0.25) is 0 Å². The maximum Gasteiger partial charge on any atom is 0.0678 e. The maximum atomic E-state index is 6.30. The zero-order valence-corrected chi connectivity index (χ0v) is 11.7. The maximum absolute atomic E-state index is 6.30. The van der Waals surface area contributed by atoms with Gasteiger partial charge in [-0.05, 0) is 51.0 Å². The van der Waals surface area contributed by atoms with E-state index >= 15 is 0 Å². The molecule has 0 spiro atoms. The van der Waals surface area contributed by atoms with E-state index in [1.807, 2.05) is 0 Å². The van der Waals surface area contributed by atoms with Crippen molar-refractivity contribution < 1.29 is 0 Å². The summed E-state index contributed by atoms with van der Waals surface area (Å²) in [5.41, 5.74) is 10.4. The first-order chi connectivity index (χ1) is 7.82. The van der Waals surface area contributed by atoms with Gasteiger partial charge in [0.25, 0.3) is 0 Å². The van der Waals surface area contributed by atoms with E-state index in [9.17, 15) is 0 Å². The molecule has 0 aromatic carbocycles. The molecule has 1 fully saturated rings.